The summed E-state index contributed by atoms with van der Waals surface area (Å²) in [5, 5.41) is 13.7. The average Bonchev–Trinajstić information content (AvgIpc) is 3.24. The van der Waals surface area contributed by atoms with E-state index in [4.69, 9.17) is 4.74 Å². The molecule has 41 heavy (non-hydrogen) atoms. The first-order valence-corrected chi connectivity index (χ1v) is 13.0. The molecule has 8 nitrogen and oxygen atoms in total. The quantitative estimate of drug-likeness (QED) is 0.313. The summed E-state index contributed by atoms with van der Waals surface area (Å²) in [6.45, 7) is 0.00632. The van der Waals surface area contributed by atoms with Gasteiger partial charge in [0.25, 0.3) is 0 Å². The number of likely N-dealkylation sites (N-methyl/N-ethyl adjacent to an activating group) is 1. The molecule has 2 unspecified atom stereocenters. The number of carboxylic acid groups (broad SMARTS) is 1. The Kier molecular flexibility index (Phi) is 9.28. The summed E-state index contributed by atoms with van der Waals surface area (Å²) < 4.78 is 45.3. The number of halogens is 3. The van der Waals surface area contributed by atoms with Crippen LogP contribution in [0, 0.1) is 0 Å². The van der Waals surface area contributed by atoms with E-state index in [1.54, 1.807) is 11.9 Å². The molecule has 0 aliphatic heterocycles. The second-order valence-corrected chi connectivity index (χ2v) is 9.92. The number of carbonyl (C=O) groups is 3. The van der Waals surface area contributed by atoms with E-state index in [1.165, 1.54) is 0 Å². The maximum absolute atomic E-state index is 13.3. The van der Waals surface area contributed by atoms with Gasteiger partial charge >= 0.3 is 18.2 Å². The van der Waals surface area contributed by atoms with E-state index < -0.39 is 42.7 Å². The van der Waals surface area contributed by atoms with Crippen LogP contribution in [0.3, 0.4) is 0 Å². The molecule has 1 aliphatic carbocycles. The van der Waals surface area contributed by atoms with Crippen LogP contribution in [-0.4, -0.2) is 66.4 Å². The number of nitrogens with one attached hydrogen (secondary N) is 2. The molecule has 0 bridgehead atoms. The zero-order valence-corrected chi connectivity index (χ0v) is 22.2. The molecule has 0 fully saturated rings. The van der Waals surface area contributed by atoms with Crippen LogP contribution in [0.4, 0.5) is 18.0 Å². The highest BCUT2D eigenvalue weighted by Crippen LogP contribution is 2.44. The maximum atomic E-state index is 13.3. The predicted molar refractivity (Wildman–Crippen MR) is 145 cm³/mol. The van der Waals surface area contributed by atoms with Gasteiger partial charge in [-0.15, -0.1) is 0 Å². The number of aliphatic carboxylic acids is 1. The van der Waals surface area contributed by atoms with Gasteiger partial charge in [-0.25, -0.2) is 9.59 Å². The van der Waals surface area contributed by atoms with Crippen molar-refractivity contribution in [2.75, 3.05) is 20.2 Å². The van der Waals surface area contributed by atoms with Gasteiger partial charge in [0.05, 0.1) is 6.42 Å². The van der Waals surface area contributed by atoms with Crippen LogP contribution in [0.1, 0.15) is 29.0 Å². The number of carboxylic acids is 1. The molecular weight excluding hydrogens is 539 g/mol. The molecule has 3 N–H and O–H groups in total. The van der Waals surface area contributed by atoms with Crippen LogP contribution in [-0.2, 0) is 20.9 Å². The van der Waals surface area contributed by atoms with Crippen LogP contribution < -0.4 is 10.6 Å². The number of hydrogen-bond donors (Lipinski definition) is 3. The summed E-state index contributed by atoms with van der Waals surface area (Å²) in [4.78, 5) is 38.9. The third kappa shape index (κ3) is 7.85. The van der Waals surface area contributed by atoms with Crippen molar-refractivity contribution < 1.29 is 37.4 Å². The standard InChI is InChI=1S/C30H30F3N3O5/c1-36(16-19-9-3-2-4-10-19)17-26(28(38)39)34-27(37)25(15-30(31,32)33)35-29(40)41-18-24-22-13-7-5-11-20(22)21-12-6-8-14-23(21)24/h2-14,24-26H,15-18H2,1H3,(H,34,37)(H,35,40)(H,38,39). The first kappa shape index (κ1) is 29.6. The average molecular weight is 570 g/mol. The van der Waals surface area contributed by atoms with Crippen LogP contribution >= 0.6 is 0 Å². The van der Waals surface area contributed by atoms with Crippen molar-refractivity contribution in [3.05, 3.63) is 95.6 Å². The Labute approximate surface area is 235 Å². The molecular formula is C30H30F3N3O5. The highest BCUT2D eigenvalue weighted by molar-refractivity contribution is 5.89. The van der Waals surface area contributed by atoms with Gasteiger partial charge in [-0.1, -0.05) is 78.9 Å². The Hall–Kier alpha value is -4.38. The summed E-state index contributed by atoms with van der Waals surface area (Å²) >= 11 is 0. The Morgan fingerprint density at radius 1 is 0.878 bits per heavy atom. The van der Waals surface area contributed by atoms with Crippen molar-refractivity contribution in [3.63, 3.8) is 0 Å². The topological polar surface area (TPSA) is 108 Å². The number of carbonyl (C=O) groups excluding carboxylic acids is 2. The summed E-state index contributed by atoms with van der Waals surface area (Å²) in [5.74, 6) is -3.04. The minimum absolute atomic E-state index is 0.164. The molecule has 4 rings (SSSR count). The molecule has 2 atom stereocenters. The number of amides is 2. The van der Waals surface area contributed by atoms with Crippen LogP contribution in [0.15, 0.2) is 78.9 Å². The fourth-order valence-corrected chi connectivity index (χ4v) is 4.95. The van der Waals surface area contributed by atoms with Crippen LogP contribution in [0.2, 0.25) is 0 Å². The number of ether oxygens (including phenoxy) is 1. The maximum Gasteiger partial charge on any atom is 0.407 e. The molecule has 0 aromatic heterocycles. The van der Waals surface area contributed by atoms with Gasteiger partial charge in [0.1, 0.15) is 18.7 Å². The van der Waals surface area contributed by atoms with Crippen molar-refractivity contribution in [1.29, 1.82) is 0 Å². The minimum atomic E-state index is -4.82. The highest BCUT2D eigenvalue weighted by Gasteiger charge is 2.38. The Balaban J connectivity index is 1.40. The van der Waals surface area contributed by atoms with Gasteiger partial charge in [0.2, 0.25) is 5.91 Å². The number of nitrogens with zero attached hydrogens (tertiary/aromatic N) is 1. The molecule has 0 saturated carbocycles. The van der Waals surface area contributed by atoms with Crippen LogP contribution in [0.5, 0.6) is 0 Å². The summed E-state index contributed by atoms with van der Waals surface area (Å²) in [6, 6.07) is 20.6. The molecule has 0 saturated heterocycles. The van der Waals surface area contributed by atoms with E-state index in [1.807, 2.05) is 84.2 Å². The normalized spacial score (nSPS) is 14.1. The summed E-state index contributed by atoms with van der Waals surface area (Å²) in [5.41, 5.74) is 4.66. The molecule has 2 amide bonds. The van der Waals surface area contributed by atoms with Gasteiger partial charge in [-0.2, -0.15) is 13.2 Å². The smallest absolute Gasteiger partial charge is 0.407 e. The second-order valence-electron chi connectivity index (χ2n) is 9.92. The Morgan fingerprint density at radius 2 is 1.44 bits per heavy atom. The second kappa shape index (κ2) is 12.9. The number of benzene rings is 3. The first-order valence-electron chi connectivity index (χ1n) is 13.0. The van der Waals surface area contributed by atoms with E-state index in [9.17, 15) is 32.7 Å². The zero-order valence-electron chi connectivity index (χ0n) is 22.2. The van der Waals surface area contributed by atoms with Crippen molar-refractivity contribution in [1.82, 2.24) is 15.5 Å². The van der Waals surface area contributed by atoms with Crippen molar-refractivity contribution >= 4 is 18.0 Å². The Morgan fingerprint density at radius 3 is 2.00 bits per heavy atom. The van der Waals surface area contributed by atoms with E-state index in [-0.39, 0.29) is 19.1 Å². The van der Waals surface area contributed by atoms with Gasteiger partial charge < -0.3 is 20.5 Å². The fraction of sp³-hybridized carbons (Fsp3) is 0.300. The minimum Gasteiger partial charge on any atom is -0.480 e. The van der Waals surface area contributed by atoms with Gasteiger partial charge in [-0.3, -0.25) is 9.69 Å². The molecule has 0 heterocycles. The number of alkyl carbamates (subject to hydrolysis) is 1. The van der Waals surface area contributed by atoms with E-state index in [0.717, 1.165) is 27.8 Å². The van der Waals surface area contributed by atoms with Crippen molar-refractivity contribution in [2.45, 2.75) is 37.1 Å². The highest BCUT2D eigenvalue weighted by atomic mass is 19.4. The molecule has 1 aliphatic rings. The van der Waals surface area contributed by atoms with Gasteiger partial charge in [0.15, 0.2) is 0 Å². The van der Waals surface area contributed by atoms with E-state index >= 15 is 0 Å². The van der Waals surface area contributed by atoms with Crippen LogP contribution in [0.25, 0.3) is 11.1 Å². The van der Waals surface area contributed by atoms with Gasteiger partial charge in [0, 0.05) is 19.0 Å². The molecule has 11 heteroatoms. The molecule has 3 aromatic rings. The third-order valence-electron chi connectivity index (χ3n) is 6.79. The lowest BCUT2D eigenvalue weighted by molar-refractivity contribution is -0.151. The molecule has 216 valence electrons. The molecule has 0 radical (unpaired) electrons. The fourth-order valence-electron chi connectivity index (χ4n) is 4.95. The third-order valence-corrected chi connectivity index (χ3v) is 6.79. The van der Waals surface area contributed by atoms with Crippen molar-refractivity contribution in [3.8, 4) is 11.1 Å². The lowest BCUT2D eigenvalue weighted by Gasteiger charge is -2.25. The monoisotopic (exact) mass is 569 g/mol. The largest absolute Gasteiger partial charge is 0.480 e. The molecule has 0 spiro atoms. The zero-order chi connectivity index (χ0) is 29.6. The summed E-state index contributed by atoms with van der Waals surface area (Å²) in [7, 11) is 1.62. The lowest BCUT2D eigenvalue weighted by Crippen LogP contribution is -2.55. The van der Waals surface area contributed by atoms with E-state index in [0.29, 0.717) is 6.54 Å². The molecule has 3 aromatic carbocycles. The first-order chi connectivity index (χ1) is 19.5. The number of rotatable bonds is 11. The Bertz CT molecular complexity index is 1340. The number of fused-ring (bicyclic) bond motifs is 3. The van der Waals surface area contributed by atoms with E-state index in [2.05, 4.69) is 5.32 Å². The number of alkyl halides is 3. The van der Waals surface area contributed by atoms with Crippen molar-refractivity contribution in [2.24, 2.45) is 0 Å². The summed E-state index contributed by atoms with van der Waals surface area (Å²) in [6.07, 6.45) is -7.74. The van der Waals surface area contributed by atoms with Gasteiger partial charge in [-0.05, 0) is 34.9 Å². The predicted octanol–water partition coefficient (Wildman–Crippen LogP) is 4.55. The number of hydrogen-bond acceptors (Lipinski definition) is 5. The lowest BCUT2D eigenvalue weighted by atomic mass is 9.98. The SMILES string of the molecule is CN(Cc1ccccc1)CC(NC(=O)C(CC(F)(F)F)NC(=O)OCC1c2ccccc2-c2ccccc21)C(=O)O.